The number of nitrogens with zero attached hydrogens (tertiary/aromatic N) is 3. The van der Waals surface area contributed by atoms with Crippen molar-refractivity contribution in [3.05, 3.63) is 108 Å². The van der Waals surface area contributed by atoms with E-state index in [9.17, 15) is 9.18 Å². The number of fused-ring (bicyclic) bond motifs is 1. The van der Waals surface area contributed by atoms with E-state index in [1.54, 1.807) is 16.8 Å². The number of hydrogen-bond acceptors (Lipinski definition) is 3. The molecule has 0 fully saturated rings. The Morgan fingerprint density at radius 2 is 1.64 bits per heavy atom. The van der Waals surface area contributed by atoms with Crippen LogP contribution in [0, 0.1) is 19.7 Å². The molecule has 0 saturated carbocycles. The number of nitrogens with one attached hydrogen (secondary N) is 1. The molecule has 0 saturated heterocycles. The smallest absolute Gasteiger partial charge is 0.295 e. The fourth-order valence-electron chi connectivity index (χ4n) is 3.86. The lowest BCUT2D eigenvalue weighted by atomic mass is 10.1. The Kier molecular flexibility index (Phi) is 5.18. The first-order valence-corrected chi connectivity index (χ1v) is 10.6. The van der Waals surface area contributed by atoms with E-state index in [2.05, 4.69) is 15.4 Å². The molecule has 1 amide bonds. The third-order valence-electron chi connectivity index (χ3n) is 5.50. The van der Waals surface area contributed by atoms with Crippen LogP contribution in [0.1, 0.15) is 21.7 Å². The van der Waals surface area contributed by atoms with Gasteiger partial charge in [-0.2, -0.15) is 0 Å². The van der Waals surface area contributed by atoms with Crippen LogP contribution in [0.15, 0.2) is 84.9 Å². The van der Waals surface area contributed by atoms with Gasteiger partial charge in [0, 0.05) is 11.3 Å². The van der Waals surface area contributed by atoms with Crippen LogP contribution in [-0.2, 0) is 0 Å². The number of hydrogen-bond donors (Lipinski definition) is 1. The lowest BCUT2D eigenvalue weighted by Gasteiger charge is -2.10. The van der Waals surface area contributed by atoms with Crippen molar-refractivity contribution in [3.63, 3.8) is 0 Å². The molecule has 5 nitrogen and oxygen atoms in total. The number of aryl methyl sites for hydroxylation is 2. The third kappa shape index (κ3) is 4.11. The van der Waals surface area contributed by atoms with Gasteiger partial charge in [-0.05, 0) is 72.6 Å². The Hall–Kier alpha value is -4.32. The summed E-state index contributed by atoms with van der Waals surface area (Å²) in [5.41, 5.74) is 4.23. The first-order valence-electron chi connectivity index (χ1n) is 10.6. The number of benzene rings is 4. The molecule has 1 N–H and O–H groups in total. The maximum atomic E-state index is 13.5. The summed E-state index contributed by atoms with van der Waals surface area (Å²) >= 11 is 0. The average molecular weight is 436 g/mol. The van der Waals surface area contributed by atoms with Gasteiger partial charge in [0.15, 0.2) is 5.82 Å². The highest BCUT2D eigenvalue weighted by Crippen LogP contribution is 2.25. The van der Waals surface area contributed by atoms with Gasteiger partial charge < -0.3 is 5.32 Å². The third-order valence-corrected chi connectivity index (χ3v) is 5.50. The van der Waals surface area contributed by atoms with Crippen LogP contribution in [-0.4, -0.2) is 20.7 Å². The van der Waals surface area contributed by atoms with Gasteiger partial charge in [-0.25, -0.2) is 14.1 Å². The molecule has 5 rings (SSSR count). The molecule has 0 spiro atoms. The first-order chi connectivity index (χ1) is 16.0. The summed E-state index contributed by atoms with van der Waals surface area (Å²) in [7, 11) is 0. The number of carbonyl (C=O) groups is 1. The van der Waals surface area contributed by atoms with Gasteiger partial charge in [0.25, 0.3) is 5.91 Å². The highest BCUT2D eigenvalue weighted by molar-refractivity contribution is 6.03. The van der Waals surface area contributed by atoms with Crippen LogP contribution in [0.25, 0.3) is 27.8 Å². The largest absolute Gasteiger partial charge is 0.319 e. The predicted molar refractivity (Wildman–Crippen MR) is 128 cm³/mol. The normalized spacial score (nSPS) is 11.0. The van der Waals surface area contributed by atoms with Crippen molar-refractivity contribution in [2.45, 2.75) is 13.8 Å². The second-order valence-electron chi connectivity index (χ2n) is 7.98. The van der Waals surface area contributed by atoms with Crippen molar-refractivity contribution in [1.29, 1.82) is 0 Å². The highest BCUT2D eigenvalue weighted by Gasteiger charge is 2.20. The first kappa shape index (κ1) is 20.6. The SMILES string of the molecule is Cc1ccc(-n2nc(C(=O)Nc3ccc4ccccc4c3)nc2-c2ccc(F)cc2)c(C)c1. The van der Waals surface area contributed by atoms with Crippen molar-refractivity contribution in [2.24, 2.45) is 0 Å². The van der Waals surface area contributed by atoms with E-state index in [1.807, 2.05) is 74.5 Å². The number of halogens is 1. The molecule has 6 heteroatoms. The zero-order chi connectivity index (χ0) is 22.9. The van der Waals surface area contributed by atoms with Gasteiger partial charge in [0.2, 0.25) is 5.82 Å². The minimum absolute atomic E-state index is 0.0301. The lowest BCUT2D eigenvalue weighted by molar-refractivity contribution is 0.101. The maximum absolute atomic E-state index is 13.5. The van der Waals surface area contributed by atoms with Gasteiger partial charge in [0.05, 0.1) is 5.69 Å². The summed E-state index contributed by atoms with van der Waals surface area (Å²) in [4.78, 5) is 17.6. The average Bonchev–Trinajstić information content (AvgIpc) is 3.25. The van der Waals surface area contributed by atoms with Gasteiger partial charge in [-0.1, -0.05) is 48.0 Å². The van der Waals surface area contributed by atoms with Gasteiger partial charge in [-0.3, -0.25) is 4.79 Å². The monoisotopic (exact) mass is 436 g/mol. The topological polar surface area (TPSA) is 59.8 Å². The van der Waals surface area contributed by atoms with E-state index in [0.29, 0.717) is 17.1 Å². The van der Waals surface area contributed by atoms with Crippen LogP contribution in [0.5, 0.6) is 0 Å². The van der Waals surface area contributed by atoms with Crippen molar-refractivity contribution in [3.8, 4) is 17.1 Å². The molecule has 0 aliphatic rings. The summed E-state index contributed by atoms with van der Waals surface area (Å²) in [5, 5.41) is 9.53. The fourth-order valence-corrected chi connectivity index (χ4v) is 3.86. The molecule has 0 atom stereocenters. The summed E-state index contributed by atoms with van der Waals surface area (Å²) in [6.07, 6.45) is 0. The summed E-state index contributed by atoms with van der Waals surface area (Å²) in [6.45, 7) is 3.99. The molecule has 0 unspecified atom stereocenters. The van der Waals surface area contributed by atoms with Gasteiger partial charge >= 0.3 is 0 Å². The zero-order valence-electron chi connectivity index (χ0n) is 18.2. The standard InChI is InChI=1S/C27H21FN4O/c1-17-7-14-24(18(2)15-17)32-26(20-8-11-22(28)12-9-20)30-25(31-32)27(33)29-23-13-10-19-5-3-4-6-21(19)16-23/h3-16H,1-2H3,(H,29,33). The van der Waals surface area contributed by atoms with Gasteiger partial charge in [0.1, 0.15) is 5.82 Å². The summed E-state index contributed by atoms with van der Waals surface area (Å²) < 4.78 is 15.2. The van der Waals surface area contributed by atoms with E-state index in [1.165, 1.54) is 12.1 Å². The predicted octanol–water partition coefficient (Wildman–Crippen LogP) is 6.10. The molecule has 33 heavy (non-hydrogen) atoms. The van der Waals surface area contributed by atoms with E-state index in [4.69, 9.17) is 0 Å². The number of anilines is 1. The Labute approximate surface area is 190 Å². The molecule has 1 aromatic heterocycles. The quantitative estimate of drug-likeness (QED) is 0.371. The fraction of sp³-hybridized carbons (Fsp3) is 0.0741. The molecular formula is C27H21FN4O. The molecule has 0 aliphatic carbocycles. The van der Waals surface area contributed by atoms with Crippen molar-refractivity contribution >= 4 is 22.4 Å². The molecule has 5 aromatic rings. The Morgan fingerprint density at radius 3 is 2.39 bits per heavy atom. The second kappa shape index (κ2) is 8.31. The van der Waals surface area contributed by atoms with Crippen molar-refractivity contribution in [1.82, 2.24) is 14.8 Å². The number of carbonyl (C=O) groups excluding carboxylic acids is 1. The molecular weight excluding hydrogens is 415 g/mol. The van der Waals surface area contributed by atoms with Crippen LogP contribution < -0.4 is 5.32 Å². The van der Waals surface area contributed by atoms with E-state index in [0.717, 1.165) is 27.6 Å². The van der Waals surface area contributed by atoms with E-state index in [-0.39, 0.29) is 11.6 Å². The molecule has 4 aromatic carbocycles. The highest BCUT2D eigenvalue weighted by atomic mass is 19.1. The van der Waals surface area contributed by atoms with Crippen molar-refractivity contribution in [2.75, 3.05) is 5.32 Å². The number of rotatable bonds is 4. The summed E-state index contributed by atoms with van der Waals surface area (Å²) in [5.74, 6) is -0.268. The van der Waals surface area contributed by atoms with Gasteiger partial charge in [-0.15, -0.1) is 5.10 Å². The van der Waals surface area contributed by atoms with Crippen LogP contribution in [0.3, 0.4) is 0 Å². The molecule has 0 radical (unpaired) electrons. The Morgan fingerprint density at radius 1 is 0.879 bits per heavy atom. The van der Waals surface area contributed by atoms with Crippen LogP contribution in [0.2, 0.25) is 0 Å². The minimum Gasteiger partial charge on any atom is -0.319 e. The second-order valence-corrected chi connectivity index (χ2v) is 7.98. The lowest BCUT2D eigenvalue weighted by Crippen LogP contribution is -2.14. The Balaban J connectivity index is 1.55. The molecule has 162 valence electrons. The summed E-state index contributed by atoms with van der Waals surface area (Å²) in [6, 6.07) is 25.6. The maximum Gasteiger partial charge on any atom is 0.295 e. The zero-order valence-corrected chi connectivity index (χ0v) is 18.2. The van der Waals surface area contributed by atoms with Crippen LogP contribution >= 0.6 is 0 Å². The van der Waals surface area contributed by atoms with Crippen LogP contribution in [0.4, 0.5) is 10.1 Å². The molecule has 1 heterocycles. The minimum atomic E-state index is -0.419. The van der Waals surface area contributed by atoms with E-state index >= 15 is 0 Å². The number of aromatic nitrogens is 3. The molecule has 0 aliphatic heterocycles. The Bertz CT molecular complexity index is 1490. The van der Waals surface area contributed by atoms with Crippen molar-refractivity contribution < 1.29 is 9.18 Å². The van der Waals surface area contributed by atoms with E-state index < -0.39 is 5.91 Å². The number of amides is 1. The molecule has 0 bridgehead atoms.